The van der Waals surface area contributed by atoms with Gasteiger partial charge in [-0.05, 0) is 36.9 Å². The molecule has 5 nitrogen and oxygen atoms in total. The van der Waals surface area contributed by atoms with E-state index in [1.807, 2.05) is 36.7 Å². The van der Waals surface area contributed by atoms with Crippen molar-refractivity contribution in [2.75, 3.05) is 0 Å². The van der Waals surface area contributed by atoms with Gasteiger partial charge in [-0.3, -0.25) is 9.98 Å². The largest absolute Gasteiger partial charge is 0.404 e. The summed E-state index contributed by atoms with van der Waals surface area (Å²) < 4.78 is 2.04. The third-order valence-electron chi connectivity index (χ3n) is 3.54. The molecule has 6 heteroatoms. The number of rotatable bonds is 3. The number of pyridine rings is 1. The van der Waals surface area contributed by atoms with Gasteiger partial charge >= 0.3 is 0 Å². The van der Waals surface area contributed by atoms with Gasteiger partial charge in [0.05, 0.1) is 23.8 Å². The molecule has 0 amide bonds. The summed E-state index contributed by atoms with van der Waals surface area (Å²) in [5.41, 5.74) is 9.10. The summed E-state index contributed by atoms with van der Waals surface area (Å²) in [7, 11) is 1.98. The van der Waals surface area contributed by atoms with E-state index in [0.29, 0.717) is 11.6 Å². The summed E-state index contributed by atoms with van der Waals surface area (Å²) in [4.78, 5) is 13.4. The monoisotopic (exact) mass is 313 g/mol. The molecule has 22 heavy (non-hydrogen) atoms. The van der Waals surface area contributed by atoms with E-state index in [0.717, 1.165) is 33.3 Å². The fraction of sp³-hybridized carbons (Fsp3) is 0.188. The van der Waals surface area contributed by atoms with E-state index >= 15 is 0 Å². The predicted octanol–water partition coefficient (Wildman–Crippen LogP) is 3.21. The van der Waals surface area contributed by atoms with Crippen molar-refractivity contribution in [2.45, 2.75) is 13.5 Å². The van der Waals surface area contributed by atoms with Gasteiger partial charge in [-0.2, -0.15) is 0 Å². The first kappa shape index (κ1) is 14.5. The molecular weight excluding hydrogens is 298 g/mol. The van der Waals surface area contributed by atoms with Gasteiger partial charge in [0.15, 0.2) is 0 Å². The summed E-state index contributed by atoms with van der Waals surface area (Å²) in [5.74, 6) is 0.866. The van der Waals surface area contributed by atoms with E-state index in [1.54, 1.807) is 12.4 Å². The van der Waals surface area contributed by atoms with Crippen molar-refractivity contribution in [1.82, 2.24) is 14.5 Å². The van der Waals surface area contributed by atoms with Gasteiger partial charge in [0, 0.05) is 23.7 Å². The van der Waals surface area contributed by atoms with Crippen molar-refractivity contribution in [1.29, 1.82) is 0 Å². The molecule has 0 aliphatic heterocycles. The average molecular weight is 314 g/mol. The molecule has 0 spiro atoms. The lowest BCUT2D eigenvalue weighted by Crippen LogP contribution is -1.97. The Balaban J connectivity index is 2.11. The molecule has 1 aromatic carbocycles. The number of fused-ring (bicyclic) bond motifs is 3. The lowest BCUT2D eigenvalue weighted by molar-refractivity contribution is 0.817. The van der Waals surface area contributed by atoms with Crippen LogP contribution in [0, 0.1) is 0 Å². The zero-order valence-corrected chi connectivity index (χ0v) is 13.2. The Morgan fingerprint density at radius 3 is 3.00 bits per heavy atom. The van der Waals surface area contributed by atoms with Gasteiger partial charge in [0.25, 0.3) is 0 Å². The van der Waals surface area contributed by atoms with Crippen LogP contribution < -0.4 is 5.73 Å². The average Bonchev–Trinajstić information content (AvgIpc) is 2.84. The molecule has 3 rings (SSSR count). The Labute approximate surface area is 133 Å². The number of aromatic nitrogens is 3. The highest BCUT2D eigenvalue weighted by atomic mass is 35.5. The van der Waals surface area contributed by atoms with Crippen LogP contribution in [0.25, 0.3) is 21.9 Å². The number of halogens is 1. The Morgan fingerprint density at radius 1 is 1.41 bits per heavy atom. The number of nitrogens with two attached hydrogens (primary N) is 1. The molecule has 2 aromatic heterocycles. The topological polar surface area (TPSA) is 69.1 Å². The summed E-state index contributed by atoms with van der Waals surface area (Å²) in [5, 5.41) is 1.68. The zero-order valence-electron chi connectivity index (χ0n) is 12.4. The number of imidazole rings is 1. The second-order valence-corrected chi connectivity index (χ2v) is 5.56. The summed E-state index contributed by atoms with van der Waals surface area (Å²) in [6.07, 6.45) is 5.05. The van der Waals surface area contributed by atoms with Crippen molar-refractivity contribution in [2.24, 2.45) is 17.8 Å². The Hall–Kier alpha value is -2.40. The fourth-order valence-corrected chi connectivity index (χ4v) is 2.55. The Morgan fingerprint density at radius 2 is 2.23 bits per heavy atom. The number of benzene rings is 1. The number of aryl methyl sites for hydroxylation is 1. The Kier molecular flexibility index (Phi) is 3.81. The molecule has 0 saturated carbocycles. The lowest BCUT2D eigenvalue weighted by Gasteiger charge is -2.03. The molecule has 0 aliphatic rings. The number of hydrogen-bond acceptors (Lipinski definition) is 4. The first-order valence-corrected chi connectivity index (χ1v) is 7.26. The van der Waals surface area contributed by atoms with E-state index in [9.17, 15) is 0 Å². The molecule has 0 saturated heterocycles. The normalized spacial score (nSPS) is 12.8. The second-order valence-electron chi connectivity index (χ2n) is 5.12. The maximum absolute atomic E-state index is 6.11. The molecule has 112 valence electrons. The number of aliphatic imine (C=N–C) groups is 1. The summed E-state index contributed by atoms with van der Waals surface area (Å²) in [6.45, 7) is 2.39. The Bertz CT molecular complexity index is 908. The van der Waals surface area contributed by atoms with Crippen LogP contribution in [0.3, 0.4) is 0 Å². The van der Waals surface area contributed by atoms with Crippen LogP contribution in [-0.4, -0.2) is 20.7 Å². The SMILES string of the molecule is CC(C=NCc1nc2cnc3ccc(Cl)cc3c2n1C)=CN. The molecule has 0 bridgehead atoms. The molecule has 0 fully saturated rings. The number of hydrogen-bond donors (Lipinski definition) is 1. The molecule has 0 unspecified atom stereocenters. The molecule has 2 heterocycles. The molecule has 3 aromatic rings. The van der Waals surface area contributed by atoms with Crippen molar-refractivity contribution >= 4 is 39.8 Å². The van der Waals surface area contributed by atoms with E-state index in [4.69, 9.17) is 17.3 Å². The third kappa shape index (κ3) is 2.55. The minimum Gasteiger partial charge on any atom is -0.404 e. The van der Waals surface area contributed by atoms with Crippen LogP contribution in [0.5, 0.6) is 0 Å². The maximum atomic E-state index is 6.11. The van der Waals surface area contributed by atoms with E-state index in [-0.39, 0.29) is 0 Å². The smallest absolute Gasteiger partial charge is 0.131 e. The highest BCUT2D eigenvalue weighted by molar-refractivity contribution is 6.31. The zero-order chi connectivity index (χ0) is 15.7. The summed E-state index contributed by atoms with van der Waals surface area (Å²) in [6, 6.07) is 5.67. The third-order valence-corrected chi connectivity index (χ3v) is 3.78. The van der Waals surface area contributed by atoms with Crippen LogP contribution in [0.15, 0.2) is 41.2 Å². The van der Waals surface area contributed by atoms with Crippen LogP contribution in [0.1, 0.15) is 12.7 Å². The van der Waals surface area contributed by atoms with Gasteiger partial charge in [-0.1, -0.05) is 11.6 Å². The minimum atomic E-state index is 0.485. The van der Waals surface area contributed by atoms with Gasteiger partial charge in [-0.15, -0.1) is 0 Å². The van der Waals surface area contributed by atoms with Crippen molar-refractivity contribution < 1.29 is 0 Å². The highest BCUT2D eigenvalue weighted by Gasteiger charge is 2.11. The van der Waals surface area contributed by atoms with Gasteiger partial charge in [0.2, 0.25) is 0 Å². The van der Waals surface area contributed by atoms with E-state index in [2.05, 4.69) is 15.0 Å². The quantitative estimate of drug-likeness (QED) is 0.755. The fourth-order valence-electron chi connectivity index (χ4n) is 2.37. The first-order chi connectivity index (χ1) is 10.6. The first-order valence-electron chi connectivity index (χ1n) is 6.88. The standard InChI is InChI=1S/C16H16ClN5/c1-10(6-18)7-19-9-15-21-14-8-20-13-4-3-11(17)5-12(13)16(14)22(15)2/h3-8H,9,18H2,1-2H3. The van der Waals surface area contributed by atoms with Crippen molar-refractivity contribution in [3.8, 4) is 0 Å². The molecule has 0 radical (unpaired) electrons. The molecule has 0 aliphatic carbocycles. The highest BCUT2D eigenvalue weighted by Crippen LogP contribution is 2.26. The van der Waals surface area contributed by atoms with Crippen LogP contribution >= 0.6 is 11.6 Å². The van der Waals surface area contributed by atoms with Crippen LogP contribution in [0.4, 0.5) is 0 Å². The van der Waals surface area contributed by atoms with Gasteiger partial charge < -0.3 is 10.3 Å². The van der Waals surface area contributed by atoms with E-state index in [1.165, 1.54) is 6.20 Å². The van der Waals surface area contributed by atoms with E-state index < -0.39 is 0 Å². The second kappa shape index (κ2) is 5.77. The maximum Gasteiger partial charge on any atom is 0.131 e. The van der Waals surface area contributed by atoms with Gasteiger partial charge in [-0.25, -0.2) is 4.98 Å². The van der Waals surface area contributed by atoms with Crippen LogP contribution in [-0.2, 0) is 13.6 Å². The predicted molar refractivity (Wildman–Crippen MR) is 91.2 cm³/mol. The van der Waals surface area contributed by atoms with Crippen molar-refractivity contribution in [3.05, 3.63) is 47.0 Å². The lowest BCUT2D eigenvalue weighted by atomic mass is 10.2. The number of nitrogens with zero attached hydrogens (tertiary/aromatic N) is 4. The summed E-state index contributed by atoms with van der Waals surface area (Å²) >= 11 is 6.11. The number of allylic oxidation sites excluding steroid dienone is 1. The molecular formula is C16H16ClN5. The molecule has 0 atom stereocenters. The van der Waals surface area contributed by atoms with Gasteiger partial charge in [0.1, 0.15) is 11.3 Å². The molecule has 2 N–H and O–H groups in total. The van der Waals surface area contributed by atoms with Crippen molar-refractivity contribution in [3.63, 3.8) is 0 Å². The van der Waals surface area contributed by atoms with Crippen LogP contribution in [0.2, 0.25) is 5.02 Å². The minimum absolute atomic E-state index is 0.485.